The highest BCUT2D eigenvalue weighted by Gasteiger charge is 2.17. The van der Waals surface area contributed by atoms with Gasteiger partial charge in [-0.25, -0.2) is 4.79 Å². The molecule has 1 aromatic rings. The van der Waals surface area contributed by atoms with E-state index in [1.165, 1.54) is 6.20 Å². The Kier molecular flexibility index (Phi) is 4.25. The Hall–Kier alpha value is -1.62. The molecule has 0 spiro atoms. The maximum atomic E-state index is 11.0. The maximum Gasteiger partial charge on any atom is 0.339 e. The standard InChI is InChI=1S/C11H16N2O3/c1-8(7-16-3)13(2)10-4-5-12-6-9(10)11(14)15/h4-6,8H,7H2,1-3H3,(H,14,15). The molecule has 1 atom stereocenters. The van der Waals surface area contributed by atoms with Crippen LogP contribution in [0.25, 0.3) is 0 Å². The summed E-state index contributed by atoms with van der Waals surface area (Å²) in [6, 6.07) is 1.79. The molecule has 1 aromatic heterocycles. The number of ether oxygens (including phenoxy) is 1. The number of carbonyl (C=O) groups is 1. The molecule has 0 radical (unpaired) electrons. The van der Waals surface area contributed by atoms with Crippen LogP contribution in [0, 0.1) is 0 Å². The predicted octanol–water partition coefficient (Wildman–Crippen LogP) is 1.25. The van der Waals surface area contributed by atoms with E-state index in [9.17, 15) is 4.79 Å². The van der Waals surface area contributed by atoms with Crippen LogP contribution in [0.5, 0.6) is 0 Å². The number of rotatable bonds is 5. The minimum Gasteiger partial charge on any atom is -0.478 e. The highest BCUT2D eigenvalue weighted by molar-refractivity contribution is 5.94. The van der Waals surface area contributed by atoms with Gasteiger partial charge in [0.25, 0.3) is 0 Å². The molecule has 0 fully saturated rings. The first-order valence-electron chi connectivity index (χ1n) is 4.97. The summed E-state index contributed by atoms with van der Waals surface area (Å²) in [5.74, 6) is -0.973. The molecule has 5 nitrogen and oxygen atoms in total. The summed E-state index contributed by atoms with van der Waals surface area (Å²) in [6.45, 7) is 2.51. The number of pyridine rings is 1. The zero-order valence-electron chi connectivity index (χ0n) is 9.67. The van der Waals surface area contributed by atoms with Crippen molar-refractivity contribution in [2.24, 2.45) is 0 Å². The van der Waals surface area contributed by atoms with E-state index < -0.39 is 5.97 Å². The fraction of sp³-hybridized carbons (Fsp3) is 0.455. The second kappa shape index (κ2) is 5.46. The van der Waals surface area contributed by atoms with Crippen LogP contribution >= 0.6 is 0 Å². The molecule has 0 saturated carbocycles. The van der Waals surface area contributed by atoms with Gasteiger partial charge in [-0.3, -0.25) is 4.98 Å². The van der Waals surface area contributed by atoms with Crippen LogP contribution in [0.2, 0.25) is 0 Å². The number of hydrogen-bond acceptors (Lipinski definition) is 4. The van der Waals surface area contributed by atoms with E-state index in [2.05, 4.69) is 4.98 Å². The van der Waals surface area contributed by atoms with Crippen molar-refractivity contribution >= 4 is 11.7 Å². The van der Waals surface area contributed by atoms with Crippen molar-refractivity contribution in [3.63, 3.8) is 0 Å². The zero-order chi connectivity index (χ0) is 12.1. The van der Waals surface area contributed by atoms with E-state index in [0.717, 1.165) is 0 Å². The third-order valence-electron chi connectivity index (χ3n) is 2.48. The fourth-order valence-corrected chi connectivity index (χ4v) is 1.45. The summed E-state index contributed by atoms with van der Waals surface area (Å²) in [4.78, 5) is 16.7. The number of nitrogens with zero attached hydrogens (tertiary/aromatic N) is 2. The van der Waals surface area contributed by atoms with E-state index in [0.29, 0.717) is 12.3 Å². The normalized spacial score (nSPS) is 12.2. The Morgan fingerprint density at radius 1 is 1.69 bits per heavy atom. The number of anilines is 1. The van der Waals surface area contributed by atoms with Gasteiger partial charge in [0, 0.05) is 32.6 Å². The minimum atomic E-state index is -0.973. The summed E-state index contributed by atoms with van der Waals surface area (Å²) in [5, 5.41) is 9.03. The highest BCUT2D eigenvalue weighted by Crippen LogP contribution is 2.19. The van der Waals surface area contributed by atoms with Gasteiger partial charge in [0.1, 0.15) is 5.56 Å². The molecule has 0 aliphatic heterocycles. The summed E-state index contributed by atoms with van der Waals surface area (Å²) < 4.78 is 5.04. The molecule has 0 bridgehead atoms. The van der Waals surface area contributed by atoms with Crippen LogP contribution in [0.1, 0.15) is 17.3 Å². The van der Waals surface area contributed by atoms with Gasteiger partial charge >= 0.3 is 5.97 Å². The molecular formula is C11H16N2O3. The van der Waals surface area contributed by atoms with Gasteiger partial charge in [0.05, 0.1) is 12.3 Å². The fourth-order valence-electron chi connectivity index (χ4n) is 1.45. The van der Waals surface area contributed by atoms with E-state index >= 15 is 0 Å². The first kappa shape index (κ1) is 12.4. The van der Waals surface area contributed by atoms with Crippen LogP contribution < -0.4 is 4.90 Å². The van der Waals surface area contributed by atoms with Crippen molar-refractivity contribution < 1.29 is 14.6 Å². The van der Waals surface area contributed by atoms with Crippen LogP contribution in [-0.2, 0) is 4.74 Å². The highest BCUT2D eigenvalue weighted by atomic mass is 16.5. The Labute approximate surface area is 94.7 Å². The summed E-state index contributed by atoms with van der Waals surface area (Å²) in [5.41, 5.74) is 0.847. The number of likely N-dealkylation sites (N-methyl/N-ethyl adjacent to an activating group) is 1. The quantitative estimate of drug-likeness (QED) is 0.815. The van der Waals surface area contributed by atoms with Gasteiger partial charge in [-0.1, -0.05) is 0 Å². The zero-order valence-corrected chi connectivity index (χ0v) is 9.67. The maximum absolute atomic E-state index is 11.0. The number of carboxylic acids is 1. The SMILES string of the molecule is COCC(C)N(C)c1ccncc1C(=O)O. The second-order valence-electron chi connectivity index (χ2n) is 3.61. The van der Waals surface area contributed by atoms with Gasteiger partial charge in [0.15, 0.2) is 0 Å². The summed E-state index contributed by atoms with van der Waals surface area (Å²) >= 11 is 0. The molecule has 1 unspecified atom stereocenters. The van der Waals surface area contributed by atoms with Crippen LogP contribution in [-0.4, -0.2) is 42.9 Å². The van der Waals surface area contributed by atoms with Crippen LogP contribution in [0.15, 0.2) is 18.5 Å². The summed E-state index contributed by atoms with van der Waals surface area (Å²) in [6.07, 6.45) is 2.94. The average Bonchev–Trinajstić information content (AvgIpc) is 2.28. The van der Waals surface area contributed by atoms with Crippen molar-refractivity contribution in [3.05, 3.63) is 24.0 Å². The Morgan fingerprint density at radius 3 is 2.94 bits per heavy atom. The Balaban J connectivity index is 2.98. The third-order valence-corrected chi connectivity index (χ3v) is 2.48. The lowest BCUT2D eigenvalue weighted by molar-refractivity contribution is 0.0697. The van der Waals surface area contributed by atoms with Gasteiger partial charge in [-0.05, 0) is 13.0 Å². The molecule has 0 saturated heterocycles. The van der Waals surface area contributed by atoms with Gasteiger partial charge < -0.3 is 14.7 Å². The van der Waals surface area contributed by atoms with Crippen LogP contribution in [0.3, 0.4) is 0 Å². The topological polar surface area (TPSA) is 62.7 Å². The van der Waals surface area contributed by atoms with Crippen molar-refractivity contribution in [2.45, 2.75) is 13.0 Å². The van der Waals surface area contributed by atoms with Gasteiger partial charge in [-0.15, -0.1) is 0 Å². The molecule has 5 heteroatoms. The Bertz CT molecular complexity index is 368. The van der Waals surface area contributed by atoms with E-state index in [4.69, 9.17) is 9.84 Å². The summed E-state index contributed by atoms with van der Waals surface area (Å²) in [7, 11) is 3.46. The van der Waals surface area contributed by atoms with Gasteiger partial charge in [0.2, 0.25) is 0 Å². The van der Waals surface area contributed by atoms with Crippen molar-refractivity contribution in [1.82, 2.24) is 4.98 Å². The molecule has 16 heavy (non-hydrogen) atoms. The third kappa shape index (κ3) is 2.70. The number of carboxylic acid groups (broad SMARTS) is 1. The van der Waals surface area contributed by atoms with Crippen molar-refractivity contribution in [3.8, 4) is 0 Å². The van der Waals surface area contributed by atoms with E-state index in [-0.39, 0.29) is 11.6 Å². The van der Waals surface area contributed by atoms with Crippen molar-refractivity contribution in [2.75, 3.05) is 25.7 Å². The van der Waals surface area contributed by atoms with E-state index in [1.54, 1.807) is 19.4 Å². The number of methoxy groups -OCH3 is 1. The smallest absolute Gasteiger partial charge is 0.339 e. The van der Waals surface area contributed by atoms with E-state index in [1.807, 2.05) is 18.9 Å². The minimum absolute atomic E-state index is 0.102. The first-order chi connectivity index (χ1) is 7.57. The van der Waals surface area contributed by atoms with Crippen molar-refractivity contribution in [1.29, 1.82) is 0 Å². The average molecular weight is 224 g/mol. The molecule has 1 rings (SSSR count). The number of aromatic carboxylic acids is 1. The lowest BCUT2D eigenvalue weighted by Gasteiger charge is -2.27. The largest absolute Gasteiger partial charge is 0.478 e. The molecule has 0 amide bonds. The monoisotopic (exact) mass is 224 g/mol. The molecule has 88 valence electrons. The molecule has 0 aromatic carbocycles. The predicted molar refractivity (Wildman–Crippen MR) is 60.9 cm³/mol. The second-order valence-corrected chi connectivity index (χ2v) is 3.61. The van der Waals surface area contributed by atoms with Gasteiger partial charge in [-0.2, -0.15) is 0 Å². The lowest BCUT2D eigenvalue weighted by atomic mass is 10.2. The molecule has 0 aliphatic rings. The number of aromatic nitrogens is 1. The molecule has 0 aliphatic carbocycles. The lowest BCUT2D eigenvalue weighted by Crippen LogP contribution is -2.33. The Morgan fingerprint density at radius 2 is 2.38 bits per heavy atom. The number of hydrogen-bond donors (Lipinski definition) is 1. The van der Waals surface area contributed by atoms with Crippen LogP contribution in [0.4, 0.5) is 5.69 Å². The first-order valence-corrected chi connectivity index (χ1v) is 4.97. The molecule has 1 heterocycles. The molecular weight excluding hydrogens is 208 g/mol. The molecule has 1 N–H and O–H groups in total.